The molecule has 0 unspecified atom stereocenters. The molecule has 0 bridgehead atoms. The second-order valence-corrected chi connectivity index (χ2v) is 6.36. The molecule has 5 heteroatoms. The summed E-state index contributed by atoms with van der Waals surface area (Å²) in [6, 6.07) is 0. The maximum atomic E-state index is 10.5. The van der Waals surface area contributed by atoms with Crippen molar-refractivity contribution in [1.82, 2.24) is 9.36 Å². The summed E-state index contributed by atoms with van der Waals surface area (Å²) < 4.78 is 4.31. The second-order valence-electron chi connectivity index (χ2n) is 5.60. The summed E-state index contributed by atoms with van der Waals surface area (Å²) in [6.45, 7) is 4.77. The van der Waals surface area contributed by atoms with Crippen LogP contribution in [0.2, 0.25) is 0 Å². The lowest BCUT2D eigenvalue weighted by atomic mass is 9.95. The minimum absolute atomic E-state index is 0.359. The molecule has 2 rings (SSSR count). The SMILES string of the molecule is CC(C)c1nsc(NCC2(O)CCCCCC2)n1. The Morgan fingerprint density at radius 1 is 1.28 bits per heavy atom. The fraction of sp³-hybridized carbons (Fsp3) is 0.846. The lowest BCUT2D eigenvalue weighted by Crippen LogP contribution is -2.36. The van der Waals surface area contributed by atoms with Gasteiger partial charge in [0.2, 0.25) is 5.13 Å². The van der Waals surface area contributed by atoms with E-state index < -0.39 is 5.60 Å². The van der Waals surface area contributed by atoms with Gasteiger partial charge in [-0.3, -0.25) is 0 Å². The minimum atomic E-state index is -0.555. The summed E-state index contributed by atoms with van der Waals surface area (Å²) in [4.78, 5) is 4.43. The van der Waals surface area contributed by atoms with Gasteiger partial charge in [-0.25, -0.2) is 4.98 Å². The van der Waals surface area contributed by atoms with Gasteiger partial charge < -0.3 is 10.4 Å². The van der Waals surface area contributed by atoms with E-state index in [1.807, 2.05) is 0 Å². The fourth-order valence-electron chi connectivity index (χ4n) is 2.34. The van der Waals surface area contributed by atoms with Crippen LogP contribution in [0.25, 0.3) is 0 Å². The zero-order valence-electron chi connectivity index (χ0n) is 11.3. The van der Waals surface area contributed by atoms with Gasteiger partial charge in [-0.15, -0.1) is 0 Å². The van der Waals surface area contributed by atoms with Gasteiger partial charge in [-0.2, -0.15) is 4.37 Å². The highest BCUT2D eigenvalue weighted by atomic mass is 32.1. The molecule has 0 saturated heterocycles. The summed E-state index contributed by atoms with van der Waals surface area (Å²) in [5.74, 6) is 1.24. The van der Waals surface area contributed by atoms with E-state index >= 15 is 0 Å². The Morgan fingerprint density at radius 3 is 2.50 bits per heavy atom. The Balaban J connectivity index is 1.89. The second kappa shape index (κ2) is 5.97. The number of nitrogens with zero attached hydrogens (tertiary/aromatic N) is 2. The average Bonchev–Trinajstić information content (AvgIpc) is 2.71. The van der Waals surface area contributed by atoms with Crippen LogP contribution in [-0.4, -0.2) is 26.6 Å². The van der Waals surface area contributed by atoms with Crippen LogP contribution >= 0.6 is 11.5 Å². The molecule has 1 aromatic rings. The lowest BCUT2D eigenvalue weighted by molar-refractivity contribution is 0.0381. The molecule has 1 aliphatic carbocycles. The van der Waals surface area contributed by atoms with E-state index in [1.165, 1.54) is 24.4 Å². The van der Waals surface area contributed by atoms with Gasteiger partial charge in [-0.05, 0) is 12.8 Å². The van der Waals surface area contributed by atoms with Crippen molar-refractivity contribution in [2.75, 3.05) is 11.9 Å². The molecule has 1 heterocycles. The minimum Gasteiger partial charge on any atom is -0.388 e. The summed E-state index contributed by atoms with van der Waals surface area (Å²) in [5.41, 5.74) is -0.555. The molecule has 1 aromatic heterocycles. The van der Waals surface area contributed by atoms with Crippen LogP contribution < -0.4 is 5.32 Å². The van der Waals surface area contributed by atoms with Crippen LogP contribution in [0.4, 0.5) is 5.13 Å². The van der Waals surface area contributed by atoms with E-state index in [0.717, 1.165) is 36.6 Å². The average molecular weight is 269 g/mol. The molecule has 1 saturated carbocycles. The van der Waals surface area contributed by atoms with E-state index in [1.54, 1.807) is 0 Å². The van der Waals surface area contributed by atoms with Crippen LogP contribution in [-0.2, 0) is 0 Å². The summed E-state index contributed by atoms with van der Waals surface area (Å²) in [6.07, 6.45) is 6.56. The van der Waals surface area contributed by atoms with Gasteiger partial charge >= 0.3 is 0 Å². The fourth-order valence-corrected chi connectivity index (χ4v) is 3.05. The monoisotopic (exact) mass is 269 g/mol. The van der Waals surface area contributed by atoms with Gasteiger partial charge in [0.1, 0.15) is 5.82 Å². The Kier molecular flexibility index (Phi) is 4.56. The Labute approximate surface area is 113 Å². The van der Waals surface area contributed by atoms with Crippen molar-refractivity contribution in [2.45, 2.75) is 63.9 Å². The third-order valence-corrected chi connectivity index (χ3v) is 4.25. The molecular weight excluding hydrogens is 246 g/mol. The van der Waals surface area contributed by atoms with Crippen molar-refractivity contribution in [2.24, 2.45) is 0 Å². The van der Waals surface area contributed by atoms with Crippen molar-refractivity contribution >= 4 is 16.7 Å². The third-order valence-electron chi connectivity index (χ3n) is 3.56. The first kappa shape index (κ1) is 13.7. The maximum Gasteiger partial charge on any atom is 0.202 e. The van der Waals surface area contributed by atoms with E-state index in [-0.39, 0.29) is 0 Å². The summed E-state index contributed by atoms with van der Waals surface area (Å²) >= 11 is 1.39. The van der Waals surface area contributed by atoms with Gasteiger partial charge in [0.15, 0.2) is 0 Å². The summed E-state index contributed by atoms with van der Waals surface area (Å²) in [7, 11) is 0. The van der Waals surface area contributed by atoms with Crippen molar-refractivity contribution in [3.05, 3.63) is 5.82 Å². The quantitative estimate of drug-likeness (QED) is 0.824. The number of hydrogen-bond acceptors (Lipinski definition) is 5. The summed E-state index contributed by atoms with van der Waals surface area (Å²) in [5, 5.41) is 14.6. The topological polar surface area (TPSA) is 58.0 Å². The van der Waals surface area contributed by atoms with Crippen molar-refractivity contribution in [3.63, 3.8) is 0 Å². The van der Waals surface area contributed by atoms with Gasteiger partial charge in [-0.1, -0.05) is 39.5 Å². The lowest BCUT2D eigenvalue weighted by Gasteiger charge is -2.26. The number of aromatic nitrogens is 2. The first-order valence-corrected chi connectivity index (χ1v) is 7.66. The highest BCUT2D eigenvalue weighted by Gasteiger charge is 2.28. The molecule has 0 aliphatic heterocycles. The number of anilines is 1. The molecule has 18 heavy (non-hydrogen) atoms. The molecule has 0 radical (unpaired) electrons. The first-order valence-electron chi connectivity index (χ1n) is 6.89. The molecule has 0 aromatic carbocycles. The van der Waals surface area contributed by atoms with Gasteiger partial charge in [0.25, 0.3) is 0 Å². The van der Waals surface area contributed by atoms with Crippen LogP contribution in [0.5, 0.6) is 0 Å². The largest absolute Gasteiger partial charge is 0.388 e. The molecule has 0 atom stereocenters. The number of hydrogen-bond donors (Lipinski definition) is 2. The number of aliphatic hydroxyl groups is 1. The van der Waals surface area contributed by atoms with E-state index in [0.29, 0.717) is 12.5 Å². The predicted molar refractivity (Wildman–Crippen MR) is 75.1 cm³/mol. The molecule has 2 N–H and O–H groups in total. The first-order chi connectivity index (χ1) is 8.59. The Hall–Kier alpha value is -0.680. The van der Waals surface area contributed by atoms with Gasteiger partial charge in [0, 0.05) is 24.0 Å². The highest BCUT2D eigenvalue weighted by Crippen LogP contribution is 2.27. The van der Waals surface area contributed by atoms with E-state index in [2.05, 4.69) is 28.5 Å². The third kappa shape index (κ3) is 3.65. The zero-order chi connectivity index (χ0) is 13.0. The standard InChI is InChI=1S/C13H23N3OS/c1-10(2)11-15-12(18-16-11)14-9-13(17)7-5-3-4-6-8-13/h10,17H,3-9H2,1-2H3,(H,14,15,16). The molecule has 0 spiro atoms. The van der Waals surface area contributed by atoms with Crippen molar-refractivity contribution in [1.29, 1.82) is 0 Å². The predicted octanol–water partition coefficient (Wildman–Crippen LogP) is 3.16. The molecule has 0 amide bonds. The highest BCUT2D eigenvalue weighted by molar-refractivity contribution is 7.09. The van der Waals surface area contributed by atoms with Crippen molar-refractivity contribution in [3.8, 4) is 0 Å². The zero-order valence-corrected chi connectivity index (χ0v) is 12.1. The van der Waals surface area contributed by atoms with Crippen LogP contribution in [0.15, 0.2) is 0 Å². The normalized spacial score (nSPS) is 19.8. The molecule has 1 fully saturated rings. The van der Waals surface area contributed by atoms with Crippen LogP contribution in [0.1, 0.15) is 64.1 Å². The van der Waals surface area contributed by atoms with Crippen LogP contribution in [0.3, 0.4) is 0 Å². The number of nitrogens with one attached hydrogen (secondary N) is 1. The molecule has 4 nitrogen and oxygen atoms in total. The van der Waals surface area contributed by atoms with Crippen molar-refractivity contribution < 1.29 is 5.11 Å². The van der Waals surface area contributed by atoms with Crippen LogP contribution in [0, 0.1) is 0 Å². The van der Waals surface area contributed by atoms with E-state index in [9.17, 15) is 5.11 Å². The molecular formula is C13H23N3OS. The van der Waals surface area contributed by atoms with Gasteiger partial charge in [0.05, 0.1) is 5.60 Å². The molecule has 102 valence electrons. The maximum absolute atomic E-state index is 10.5. The Bertz CT molecular complexity index is 370. The smallest absolute Gasteiger partial charge is 0.202 e. The molecule has 1 aliphatic rings. The van der Waals surface area contributed by atoms with E-state index in [4.69, 9.17) is 0 Å². The Morgan fingerprint density at radius 2 is 1.94 bits per heavy atom. The number of rotatable bonds is 4.